The minimum atomic E-state index is 0.185. The molecular formula is C14H16BrN3. The minimum Gasteiger partial charge on any atom is -0.396 e. The van der Waals surface area contributed by atoms with Crippen molar-refractivity contribution in [2.24, 2.45) is 0 Å². The molecule has 0 spiro atoms. The van der Waals surface area contributed by atoms with Crippen molar-refractivity contribution in [1.29, 1.82) is 0 Å². The van der Waals surface area contributed by atoms with Gasteiger partial charge in [0.15, 0.2) is 0 Å². The van der Waals surface area contributed by atoms with Crippen LogP contribution in [0, 0.1) is 0 Å². The van der Waals surface area contributed by atoms with E-state index in [0.717, 1.165) is 21.1 Å². The molecule has 0 aliphatic heterocycles. The highest BCUT2D eigenvalue weighted by Gasteiger charge is 2.32. The molecular weight excluding hydrogens is 290 g/mol. The van der Waals surface area contributed by atoms with Crippen LogP contribution in [0.4, 0.5) is 11.4 Å². The van der Waals surface area contributed by atoms with E-state index in [-0.39, 0.29) is 5.54 Å². The average molecular weight is 306 g/mol. The molecule has 1 aromatic heterocycles. The van der Waals surface area contributed by atoms with Gasteiger partial charge in [0.2, 0.25) is 0 Å². The van der Waals surface area contributed by atoms with Crippen LogP contribution < -0.4 is 11.1 Å². The van der Waals surface area contributed by atoms with E-state index in [9.17, 15) is 0 Å². The number of rotatable bonds is 2. The number of hydrogen-bond acceptors (Lipinski definition) is 3. The Bertz CT molecular complexity index is 600. The molecule has 3 nitrogen and oxygen atoms in total. The Morgan fingerprint density at radius 2 is 2.17 bits per heavy atom. The molecule has 3 rings (SSSR count). The molecule has 2 aromatic rings. The smallest absolute Gasteiger partial charge is 0.0743 e. The lowest BCUT2D eigenvalue weighted by Gasteiger charge is -2.40. The number of nitrogens with two attached hydrogens (primary N) is 1. The molecule has 1 fully saturated rings. The summed E-state index contributed by atoms with van der Waals surface area (Å²) in [6, 6.07) is 6.08. The molecule has 0 unspecified atom stereocenters. The summed E-state index contributed by atoms with van der Waals surface area (Å²) < 4.78 is 1.05. The van der Waals surface area contributed by atoms with E-state index in [1.165, 1.54) is 19.3 Å². The lowest BCUT2D eigenvalue weighted by atomic mass is 9.78. The van der Waals surface area contributed by atoms with Gasteiger partial charge in [-0.1, -0.05) is 15.9 Å². The van der Waals surface area contributed by atoms with Gasteiger partial charge in [-0.25, -0.2) is 0 Å². The summed E-state index contributed by atoms with van der Waals surface area (Å²) in [6.07, 6.45) is 5.42. The van der Waals surface area contributed by atoms with Crippen molar-refractivity contribution in [2.75, 3.05) is 11.1 Å². The van der Waals surface area contributed by atoms with Crippen LogP contribution in [0.5, 0.6) is 0 Å². The Morgan fingerprint density at radius 3 is 2.83 bits per heavy atom. The Morgan fingerprint density at radius 1 is 1.39 bits per heavy atom. The van der Waals surface area contributed by atoms with Crippen LogP contribution in [0.3, 0.4) is 0 Å². The predicted octanol–water partition coefficient (Wildman–Crippen LogP) is 3.93. The molecule has 1 aliphatic rings. The number of halogens is 1. The molecule has 0 saturated heterocycles. The summed E-state index contributed by atoms with van der Waals surface area (Å²) in [5, 5.41) is 4.69. The van der Waals surface area contributed by atoms with Crippen LogP contribution in [-0.2, 0) is 0 Å². The largest absolute Gasteiger partial charge is 0.396 e. The van der Waals surface area contributed by atoms with Gasteiger partial charge in [-0.15, -0.1) is 0 Å². The molecule has 4 heteroatoms. The van der Waals surface area contributed by atoms with E-state index < -0.39 is 0 Å². The van der Waals surface area contributed by atoms with Crippen molar-refractivity contribution >= 4 is 38.2 Å². The first-order chi connectivity index (χ1) is 8.57. The molecule has 1 aliphatic carbocycles. The monoisotopic (exact) mass is 305 g/mol. The maximum Gasteiger partial charge on any atom is 0.0743 e. The molecule has 1 saturated carbocycles. The highest BCUT2D eigenvalue weighted by atomic mass is 79.9. The number of nitrogens with one attached hydrogen (secondary N) is 1. The van der Waals surface area contributed by atoms with Crippen LogP contribution in [-0.4, -0.2) is 10.5 Å². The Balaban J connectivity index is 2.13. The zero-order chi connectivity index (χ0) is 12.8. The first-order valence-corrected chi connectivity index (χ1v) is 6.99. The van der Waals surface area contributed by atoms with Gasteiger partial charge in [0.1, 0.15) is 0 Å². The van der Waals surface area contributed by atoms with Gasteiger partial charge in [0.05, 0.1) is 23.1 Å². The molecule has 0 atom stereocenters. The standard InChI is InChI=1S/C14H16BrN3/c1-14(5-2-6-14)18-13-10-7-9(15)3-4-12(10)17-8-11(13)16/h3-4,7-8H,2,5-6,16H2,1H3,(H,17,18). The summed E-state index contributed by atoms with van der Waals surface area (Å²) in [5.74, 6) is 0. The van der Waals surface area contributed by atoms with E-state index in [1.807, 2.05) is 12.1 Å². The van der Waals surface area contributed by atoms with Crippen LogP contribution >= 0.6 is 15.9 Å². The van der Waals surface area contributed by atoms with Crippen molar-refractivity contribution in [3.8, 4) is 0 Å². The summed E-state index contributed by atoms with van der Waals surface area (Å²) in [5.41, 5.74) is 8.97. The second-order valence-corrected chi connectivity index (χ2v) is 6.20. The topological polar surface area (TPSA) is 50.9 Å². The molecule has 3 N–H and O–H groups in total. The van der Waals surface area contributed by atoms with Crippen molar-refractivity contribution in [1.82, 2.24) is 4.98 Å². The van der Waals surface area contributed by atoms with Crippen molar-refractivity contribution < 1.29 is 0 Å². The second-order valence-electron chi connectivity index (χ2n) is 5.29. The quantitative estimate of drug-likeness (QED) is 0.883. The maximum atomic E-state index is 6.08. The predicted molar refractivity (Wildman–Crippen MR) is 79.7 cm³/mol. The number of aromatic nitrogens is 1. The number of nitrogens with zero attached hydrogens (tertiary/aromatic N) is 1. The zero-order valence-corrected chi connectivity index (χ0v) is 11.9. The van der Waals surface area contributed by atoms with E-state index in [1.54, 1.807) is 6.20 Å². The van der Waals surface area contributed by atoms with Crippen LogP contribution in [0.2, 0.25) is 0 Å². The third-order valence-electron chi connectivity index (χ3n) is 3.74. The van der Waals surface area contributed by atoms with Crippen LogP contribution in [0.15, 0.2) is 28.9 Å². The van der Waals surface area contributed by atoms with Crippen molar-refractivity contribution in [3.63, 3.8) is 0 Å². The highest BCUT2D eigenvalue weighted by Crippen LogP contribution is 2.39. The van der Waals surface area contributed by atoms with Gasteiger partial charge in [-0.3, -0.25) is 4.98 Å². The van der Waals surface area contributed by atoms with Crippen molar-refractivity contribution in [2.45, 2.75) is 31.7 Å². The van der Waals surface area contributed by atoms with Crippen LogP contribution in [0.25, 0.3) is 10.9 Å². The normalized spacial score (nSPS) is 17.4. The summed E-state index contributed by atoms with van der Waals surface area (Å²) in [7, 11) is 0. The Hall–Kier alpha value is -1.29. The van der Waals surface area contributed by atoms with E-state index in [2.05, 4.69) is 39.2 Å². The van der Waals surface area contributed by atoms with Gasteiger partial charge in [-0.05, 0) is 44.4 Å². The number of fused-ring (bicyclic) bond motifs is 1. The van der Waals surface area contributed by atoms with Crippen molar-refractivity contribution in [3.05, 3.63) is 28.9 Å². The van der Waals surface area contributed by atoms with E-state index in [4.69, 9.17) is 5.73 Å². The highest BCUT2D eigenvalue weighted by molar-refractivity contribution is 9.10. The summed E-state index contributed by atoms with van der Waals surface area (Å²) in [6.45, 7) is 2.25. The summed E-state index contributed by atoms with van der Waals surface area (Å²) >= 11 is 3.51. The van der Waals surface area contributed by atoms with Gasteiger partial charge >= 0.3 is 0 Å². The number of anilines is 2. The SMILES string of the molecule is CC1(Nc2c(N)cnc3ccc(Br)cc23)CCC1. The van der Waals surface area contributed by atoms with Gasteiger partial charge < -0.3 is 11.1 Å². The number of pyridine rings is 1. The lowest BCUT2D eigenvalue weighted by Crippen LogP contribution is -2.41. The van der Waals surface area contributed by atoms with E-state index >= 15 is 0 Å². The van der Waals surface area contributed by atoms with Gasteiger partial charge in [-0.2, -0.15) is 0 Å². The van der Waals surface area contributed by atoms with Gasteiger partial charge in [0, 0.05) is 15.4 Å². The fraction of sp³-hybridized carbons (Fsp3) is 0.357. The first-order valence-electron chi connectivity index (χ1n) is 6.19. The lowest BCUT2D eigenvalue weighted by molar-refractivity contribution is 0.307. The second kappa shape index (κ2) is 4.12. The number of benzene rings is 1. The summed E-state index contributed by atoms with van der Waals surface area (Å²) in [4.78, 5) is 4.37. The molecule has 1 heterocycles. The minimum absolute atomic E-state index is 0.185. The molecule has 1 aromatic carbocycles. The molecule has 0 radical (unpaired) electrons. The Labute approximate surface area is 115 Å². The first kappa shape index (κ1) is 11.8. The molecule has 0 amide bonds. The van der Waals surface area contributed by atoms with Crippen LogP contribution in [0.1, 0.15) is 26.2 Å². The van der Waals surface area contributed by atoms with E-state index in [0.29, 0.717) is 5.69 Å². The zero-order valence-electron chi connectivity index (χ0n) is 10.3. The fourth-order valence-electron chi connectivity index (χ4n) is 2.45. The Kier molecular flexibility index (Phi) is 2.70. The molecule has 18 heavy (non-hydrogen) atoms. The third-order valence-corrected chi connectivity index (χ3v) is 4.24. The maximum absolute atomic E-state index is 6.08. The van der Waals surface area contributed by atoms with Gasteiger partial charge in [0.25, 0.3) is 0 Å². The fourth-order valence-corrected chi connectivity index (χ4v) is 2.81. The average Bonchev–Trinajstić information content (AvgIpc) is 2.31. The molecule has 0 bridgehead atoms. The number of nitrogen functional groups attached to an aromatic ring is 1. The molecule has 94 valence electrons. The number of hydrogen-bond donors (Lipinski definition) is 2. The third kappa shape index (κ3) is 1.94.